The molecule has 2 atom stereocenters. The van der Waals surface area contributed by atoms with Crippen molar-refractivity contribution in [3.8, 4) is 0 Å². The van der Waals surface area contributed by atoms with Gasteiger partial charge in [0, 0.05) is 0 Å². The molecule has 0 saturated heterocycles. The summed E-state index contributed by atoms with van der Waals surface area (Å²) in [7, 11) is 0. The second-order valence-electron chi connectivity index (χ2n) is 4.73. The van der Waals surface area contributed by atoms with E-state index in [2.05, 4.69) is 4.74 Å². The van der Waals surface area contributed by atoms with Gasteiger partial charge in [0.25, 0.3) is 0 Å². The van der Waals surface area contributed by atoms with Crippen LogP contribution in [-0.4, -0.2) is 25.0 Å². The number of rotatable bonds is 7. The minimum Gasteiger partial charge on any atom is -0.431 e. The predicted molar refractivity (Wildman–Crippen MR) is 66.9 cm³/mol. The van der Waals surface area contributed by atoms with Crippen LogP contribution in [0.15, 0.2) is 0 Å². The molecule has 0 fully saturated rings. The summed E-state index contributed by atoms with van der Waals surface area (Å²) in [6, 6.07) is 0. The van der Waals surface area contributed by atoms with Crippen LogP contribution in [0.1, 0.15) is 47.5 Å². The molecule has 0 N–H and O–H groups in total. The lowest BCUT2D eigenvalue weighted by Crippen LogP contribution is -2.23. The Hall–Kier alpha value is -1.26. The van der Waals surface area contributed by atoms with E-state index in [1.54, 1.807) is 13.8 Å². The third kappa shape index (κ3) is 7.14. The molecule has 0 aromatic heterocycles. The van der Waals surface area contributed by atoms with Crippen LogP contribution in [0, 0.1) is 11.8 Å². The van der Waals surface area contributed by atoms with Crippen molar-refractivity contribution in [1.29, 1.82) is 0 Å². The summed E-state index contributed by atoms with van der Waals surface area (Å²) in [5, 5.41) is 0. The van der Waals surface area contributed by atoms with Gasteiger partial charge in [0.1, 0.15) is 6.10 Å². The number of hydrogen-bond acceptors (Lipinski definition) is 5. The zero-order valence-corrected chi connectivity index (χ0v) is 11.9. The van der Waals surface area contributed by atoms with Crippen LogP contribution in [0.25, 0.3) is 0 Å². The Kier molecular flexibility index (Phi) is 8.16. The molecule has 0 saturated carbocycles. The molecule has 0 aromatic carbocycles. The lowest BCUT2D eigenvalue weighted by molar-refractivity contribution is -0.158. The number of esters is 1. The van der Waals surface area contributed by atoms with Crippen LogP contribution in [0.4, 0.5) is 4.79 Å². The van der Waals surface area contributed by atoms with Crippen molar-refractivity contribution in [3.05, 3.63) is 0 Å². The smallest absolute Gasteiger partial charge is 0.431 e. The SMILES string of the molecule is CCCC(C)C(=O)OCOC(=O)OC(C)C(C)C. The summed E-state index contributed by atoms with van der Waals surface area (Å²) in [6.45, 7) is 9.03. The predicted octanol–water partition coefficient (Wildman–Crippen LogP) is 3.12. The Morgan fingerprint density at radius 1 is 1.06 bits per heavy atom. The first-order chi connectivity index (χ1) is 8.38. The standard InChI is InChI=1S/C13H24O5/c1-6-7-10(4)12(14)16-8-17-13(15)18-11(5)9(2)3/h9-11H,6-8H2,1-5H3. The van der Waals surface area contributed by atoms with Gasteiger partial charge in [0.15, 0.2) is 0 Å². The Labute approximate surface area is 109 Å². The first kappa shape index (κ1) is 16.7. The average molecular weight is 260 g/mol. The van der Waals surface area contributed by atoms with Crippen molar-refractivity contribution >= 4 is 12.1 Å². The molecule has 0 aliphatic heterocycles. The van der Waals surface area contributed by atoms with Crippen LogP contribution in [0.3, 0.4) is 0 Å². The largest absolute Gasteiger partial charge is 0.511 e. The topological polar surface area (TPSA) is 61.8 Å². The van der Waals surface area contributed by atoms with Crippen molar-refractivity contribution in [2.45, 2.75) is 53.6 Å². The first-order valence-electron chi connectivity index (χ1n) is 6.38. The summed E-state index contributed by atoms with van der Waals surface area (Å²) in [5.41, 5.74) is 0. The first-order valence-corrected chi connectivity index (χ1v) is 6.38. The van der Waals surface area contributed by atoms with E-state index in [1.165, 1.54) is 0 Å². The molecule has 0 bridgehead atoms. The molecule has 5 heteroatoms. The Balaban J connectivity index is 3.77. The average Bonchev–Trinajstić information content (AvgIpc) is 2.28. The summed E-state index contributed by atoms with van der Waals surface area (Å²) >= 11 is 0. The quantitative estimate of drug-likeness (QED) is 0.520. The van der Waals surface area contributed by atoms with E-state index in [-0.39, 0.29) is 23.9 Å². The maximum Gasteiger partial charge on any atom is 0.511 e. The van der Waals surface area contributed by atoms with Crippen molar-refractivity contribution in [1.82, 2.24) is 0 Å². The summed E-state index contributed by atoms with van der Waals surface area (Å²) in [4.78, 5) is 22.6. The highest BCUT2D eigenvalue weighted by Crippen LogP contribution is 2.08. The molecule has 18 heavy (non-hydrogen) atoms. The maximum atomic E-state index is 11.4. The fourth-order valence-corrected chi connectivity index (χ4v) is 1.15. The molecule has 0 aliphatic carbocycles. The van der Waals surface area contributed by atoms with Crippen molar-refractivity contribution in [2.24, 2.45) is 11.8 Å². The Morgan fingerprint density at radius 2 is 1.67 bits per heavy atom. The van der Waals surface area contributed by atoms with Crippen LogP contribution in [0.5, 0.6) is 0 Å². The third-order valence-corrected chi connectivity index (χ3v) is 2.72. The van der Waals surface area contributed by atoms with Crippen LogP contribution < -0.4 is 0 Å². The lowest BCUT2D eigenvalue weighted by Gasteiger charge is -2.16. The Bertz CT molecular complexity index is 262. The molecule has 0 aromatic rings. The van der Waals surface area contributed by atoms with Gasteiger partial charge in [-0.3, -0.25) is 4.79 Å². The lowest BCUT2D eigenvalue weighted by atomic mass is 10.1. The van der Waals surface area contributed by atoms with Crippen LogP contribution in [-0.2, 0) is 19.0 Å². The van der Waals surface area contributed by atoms with Gasteiger partial charge < -0.3 is 14.2 Å². The van der Waals surface area contributed by atoms with E-state index in [4.69, 9.17) is 9.47 Å². The second kappa shape index (κ2) is 8.78. The fourth-order valence-electron chi connectivity index (χ4n) is 1.15. The second-order valence-corrected chi connectivity index (χ2v) is 4.73. The zero-order valence-electron chi connectivity index (χ0n) is 11.9. The molecular weight excluding hydrogens is 236 g/mol. The molecule has 0 spiro atoms. The van der Waals surface area contributed by atoms with Gasteiger partial charge in [-0.05, 0) is 19.3 Å². The molecule has 0 amide bonds. The zero-order chi connectivity index (χ0) is 14.1. The van der Waals surface area contributed by atoms with E-state index >= 15 is 0 Å². The van der Waals surface area contributed by atoms with Gasteiger partial charge in [-0.15, -0.1) is 0 Å². The summed E-state index contributed by atoms with van der Waals surface area (Å²) < 4.78 is 14.4. The minimum atomic E-state index is -0.813. The molecule has 0 aliphatic rings. The number of carbonyl (C=O) groups excluding carboxylic acids is 2. The highest BCUT2D eigenvalue weighted by atomic mass is 16.8. The van der Waals surface area contributed by atoms with Gasteiger partial charge in [-0.2, -0.15) is 0 Å². The van der Waals surface area contributed by atoms with E-state index in [9.17, 15) is 9.59 Å². The van der Waals surface area contributed by atoms with Gasteiger partial charge in [0.05, 0.1) is 5.92 Å². The highest BCUT2D eigenvalue weighted by Gasteiger charge is 2.16. The van der Waals surface area contributed by atoms with Crippen molar-refractivity contribution in [2.75, 3.05) is 6.79 Å². The number of ether oxygens (including phenoxy) is 3. The van der Waals surface area contributed by atoms with Crippen LogP contribution in [0.2, 0.25) is 0 Å². The van der Waals surface area contributed by atoms with Gasteiger partial charge >= 0.3 is 12.1 Å². The van der Waals surface area contributed by atoms with Gasteiger partial charge in [-0.25, -0.2) is 4.79 Å². The molecule has 0 radical (unpaired) electrons. The number of hydrogen-bond donors (Lipinski definition) is 0. The minimum absolute atomic E-state index is 0.177. The fraction of sp³-hybridized carbons (Fsp3) is 0.846. The van der Waals surface area contributed by atoms with Crippen molar-refractivity contribution in [3.63, 3.8) is 0 Å². The monoisotopic (exact) mass is 260 g/mol. The molecule has 5 nitrogen and oxygen atoms in total. The van der Waals surface area contributed by atoms with Crippen LogP contribution >= 0.6 is 0 Å². The van der Waals surface area contributed by atoms with Gasteiger partial charge in [0.2, 0.25) is 6.79 Å². The molecule has 0 heterocycles. The Morgan fingerprint density at radius 3 is 2.17 bits per heavy atom. The summed E-state index contributed by atoms with van der Waals surface area (Å²) in [5.74, 6) is -0.324. The molecule has 0 rings (SSSR count). The van der Waals surface area contributed by atoms with Gasteiger partial charge in [-0.1, -0.05) is 34.1 Å². The normalized spacial score (nSPS) is 13.9. The molecule has 106 valence electrons. The highest BCUT2D eigenvalue weighted by molar-refractivity contribution is 5.72. The third-order valence-electron chi connectivity index (χ3n) is 2.72. The van der Waals surface area contributed by atoms with E-state index in [1.807, 2.05) is 20.8 Å². The maximum absolute atomic E-state index is 11.4. The van der Waals surface area contributed by atoms with E-state index in [0.717, 1.165) is 12.8 Å². The van der Waals surface area contributed by atoms with E-state index < -0.39 is 12.9 Å². The van der Waals surface area contributed by atoms with E-state index in [0.29, 0.717) is 0 Å². The summed E-state index contributed by atoms with van der Waals surface area (Å²) in [6.07, 6.45) is 0.623. The molecular formula is C13H24O5. The number of carbonyl (C=O) groups is 2. The molecule has 2 unspecified atom stereocenters. The van der Waals surface area contributed by atoms with Crippen molar-refractivity contribution < 1.29 is 23.8 Å².